The number of aryl methyl sites for hydroxylation is 3. The van der Waals surface area contributed by atoms with Gasteiger partial charge in [-0.15, -0.1) is 0 Å². The Morgan fingerprint density at radius 2 is 1.74 bits per heavy atom. The van der Waals surface area contributed by atoms with E-state index in [9.17, 15) is 13.2 Å². The van der Waals surface area contributed by atoms with Crippen LogP contribution in [-0.2, 0) is 25.6 Å². The zero-order valence-electron chi connectivity index (χ0n) is 17.1. The molecule has 2 rings (SSSR count). The van der Waals surface area contributed by atoms with Gasteiger partial charge in [-0.25, -0.2) is 4.98 Å². The Morgan fingerprint density at radius 3 is 2.30 bits per heavy atom. The molecule has 0 spiro atoms. The molecule has 2 aromatic heterocycles. The van der Waals surface area contributed by atoms with Gasteiger partial charge in [0.1, 0.15) is 5.76 Å². The van der Waals surface area contributed by atoms with Crippen LogP contribution in [0, 0.1) is 17.8 Å². The van der Waals surface area contributed by atoms with Gasteiger partial charge in [-0.05, 0) is 43.1 Å². The molecule has 7 heteroatoms. The molecule has 4 nitrogen and oxygen atoms in total. The molecular formula is C20H30F3N3O. The summed E-state index contributed by atoms with van der Waals surface area (Å²) in [6.07, 6.45) is 0.188. The number of hydrogen-bond donors (Lipinski definition) is 0. The topological polar surface area (TPSA) is 43.9 Å². The third kappa shape index (κ3) is 6.70. The highest BCUT2D eigenvalue weighted by Crippen LogP contribution is 2.30. The second-order valence-electron chi connectivity index (χ2n) is 9.22. The van der Waals surface area contributed by atoms with E-state index < -0.39 is 11.9 Å². The Balaban J connectivity index is 1.90. The minimum atomic E-state index is -4.39. The van der Waals surface area contributed by atoms with Crippen LogP contribution in [0.1, 0.15) is 70.5 Å². The van der Waals surface area contributed by atoms with E-state index in [0.29, 0.717) is 6.54 Å². The maximum Gasteiger partial charge on any atom is 0.435 e. The molecule has 0 bridgehead atoms. The third-order valence-electron chi connectivity index (χ3n) is 4.61. The first-order valence-electron chi connectivity index (χ1n) is 9.31. The molecule has 0 aliphatic heterocycles. The molecule has 0 aromatic carbocycles. The Labute approximate surface area is 159 Å². The van der Waals surface area contributed by atoms with E-state index in [2.05, 4.69) is 44.7 Å². The SMILES string of the molecule is Cc1oc(CC(C)(C)C)nc1CCC(C)(C)CCn1ccc(C(F)(F)F)n1. The average Bonchev–Trinajstić information content (AvgIpc) is 3.08. The predicted octanol–water partition coefficient (Wildman–Crippen LogP) is 5.84. The maximum atomic E-state index is 12.6. The Bertz CT molecular complexity index is 751. The van der Waals surface area contributed by atoms with Crippen molar-refractivity contribution >= 4 is 0 Å². The van der Waals surface area contributed by atoms with Crippen LogP contribution in [0.5, 0.6) is 0 Å². The fourth-order valence-corrected chi connectivity index (χ4v) is 2.89. The lowest BCUT2D eigenvalue weighted by molar-refractivity contribution is -0.141. The molecule has 2 aromatic rings. The molecule has 152 valence electrons. The van der Waals surface area contributed by atoms with Crippen LogP contribution in [0.3, 0.4) is 0 Å². The molecule has 2 heterocycles. The predicted molar refractivity (Wildman–Crippen MR) is 98.3 cm³/mol. The van der Waals surface area contributed by atoms with Gasteiger partial charge < -0.3 is 4.42 Å². The summed E-state index contributed by atoms with van der Waals surface area (Å²) < 4.78 is 45.1. The number of aromatic nitrogens is 3. The smallest absolute Gasteiger partial charge is 0.435 e. The van der Waals surface area contributed by atoms with Crippen molar-refractivity contribution in [2.45, 2.75) is 79.9 Å². The van der Waals surface area contributed by atoms with Crippen molar-refractivity contribution in [1.29, 1.82) is 0 Å². The van der Waals surface area contributed by atoms with Gasteiger partial charge in [-0.2, -0.15) is 18.3 Å². The summed E-state index contributed by atoms with van der Waals surface area (Å²) in [5, 5.41) is 3.62. The molecule has 0 fully saturated rings. The monoisotopic (exact) mass is 385 g/mol. The van der Waals surface area contributed by atoms with E-state index in [-0.39, 0.29) is 10.8 Å². The summed E-state index contributed by atoms with van der Waals surface area (Å²) in [5.41, 5.74) is 0.206. The first-order valence-corrected chi connectivity index (χ1v) is 9.31. The van der Waals surface area contributed by atoms with E-state index in [4.69, 9.17) is 4.42 Å². The zero-order chi connectivity index (χ0) is 20.5. The van der Waals surface area contributed by atoms with Crippen molar-refractivity contribution in [2.75, 3.05) is 0 Å². The zero-order valence-corrected chi connectivity index (χ0v) is 17.1. The fourth-order valence-electron chi connectivity index (χ4n) is 2.89. The van der Waals surface area contributed by atoms with E-state index in [0.717, 1.165) is 49.1 Å². The molecule has 0 N–H and O–H groups in total. The van der Waals surface area contributed by atoms with E-state index in [1.165, 1.54) is 10.9 Å². The van der Waals surface area contributed by atoms with Crippen LogP contribution in [0.4, 0.5) is 13.2 Å². The Hall–Kier alpha value is -1.79. The van der Waals surface area contributed by atoms with Gasteiger partial charge in [0.05, 0.1) is 5.69 Å². The van der Waals surface area contributed by atoms with Gasteiger partial charge in [0.25, 0.3) is 0 Å². The van der Waals surface area contributed by atoms with E-state index in [1.54, 1.807) is 0 Å². The van der Waals surface area contributed by atoms with Crippen LogP contribution in [-0.4, -0.2) is 14.8 Å². The highest BCUT2D eigenvalue weighted by atomic mass is 19.4. The van der Waals surface area contributed by atoms with Crippen molar-refractivity contribution in [3.8, 4) is 0 Å². The lowest BCUT2D eigenvalue weighted by Gasteiger charge is -2.24. The summed E-state index contributed by atoms with van der Waals surface area (Å²) in [4.78, 5) is 4.64. The highest BCUT2D eigenvalue weighted by molar-refractivity contribution is 5.09. The van der Waals surface area contributed by atoms with Gasteiger partial charge in [0.15, 0.2) is 11.6 Å². The molecule has 0 saturated carbocycles. The first kappa shape index (κ1) is 21.5. The van der Waals surface area contributed by atoms with Crippen molar-refractivity contribution in [3.63, 3.8) is 0 Å². The van der Waals surface area contributed by atoms with Crippen LogP contribution in [0.2, 0.25) is 0 Å². The van der Waals surface area contributed by atoms with Crippen molar-refractivity contribution in [3.05, 3.63) is 35.3 Å². The van der Waals surface area contributed by atoms with Crippen molar-refractivity contribution in [1.82, 2.24) is 14.8 Å². The summed E-state index contributed by atoms with van der Waals surface area (Å²) in [6, 6.07) is 1.02. The molecule has 27 heavy (non-hydrogen) atoms. The normalized spacial score (nSPS) is 13.4. The Morgan fingerprint density at radius 1 is 1.07 bits per heavy atom. The maximum absolute atomic E-state index is 12.6. The average molecular weight is 385 g/mol. The summed E-state index contributed by atoms with van der Waals surface area (Å²) in [6.45, 7) is 13.1. The van der Waals surface area contributed by atoms with Gasteiger partial charge in [0.2, 0.25) is 0 Å². The van der Waals surface area contributed by atoms with Crippen LogP contribution >= 0.6 is 0 Å². The van der Waals surface area contributed by atoms with Crippen molar-refractivity contribution < 1.29 is 17.6 Å². The summed E-state index contributed by atoms with van der Waals surface area (Å²) in [7, 11) is 0. The fraction of sp³-hybridized carbons (Fsp3) is 0.700. The first-order chi connectivity index (χ1) is 12.3. The number of nitrogens with zero attached hydrogens (tertiary/aromatic N) is 3. The molecule has 0 radical (unpaired) electrons. The molecular weight excluding hydrogens is 355 g/mol. The van der Waals surface area contributed by atoms with Crippen LogP contribution in [0.25, 0.3) is 0 Å². The molecule has 0 atom stereocenters. The van der Waals surface area contributed by atoms with Crippen LogP contribution < -0.4 is 0 Å². The molecule has 0 saturated heterocycles. The van der Waals surface area contributed by atoms with Gasteiger partial charge >= 0.3 is 6.18 Å². The molecule has 0 aliphatic carbocycles. The van der Waals surface area contributed by atoms with E-state index in [1.807, 2.05) is 6.92 Å². The molecule has 0 unspecified atom stereocenters. The van der Waals surface area contributed by atoms with Gasteiger partial charge in [-0.3, -0.25) is 4.68 Å². The summed E-state index contributed by atoms with van der Waals surface area (Å²) >= 11 is 0. The number of rotatable bonds is 7. The molecule has 0 amide bonds. The highest BCUT2D eigenvalue weighted by Gasteiger charge is 2.33. The standard InChI is InChI=1S/C20H30F3N3O/c1-14-15(24-17(27-14)13-18(2,3)4)7-9-19(5,6)10-12-26-11-8-16(25-26)20(21,22)23/h8,11H,7,9-10,12-13H2,1-6H3. The lowest BCUT2D eigenvalue weighted by atomic mass is 9.84. The summed E-state index contributed by atoms with van der Waals surface area (Å²) in [5.74, 6) is 1.62. The van der Waals surface area contributed by atoms with E-state index >= 15 is 0 Å². The largest absolute Gasteiger partial charge is 0.446 e. The molecule has 0 aliphatic rings. The van der Waals surface area contributed by atoms with Crippen LogP contribution in [0.15, 0.2) is 16.7 Å². The minimum absolute atomic E-state index is 0.0417. The lowest BCUT2D eigenvalue weighted by Crippen LogP contribution is -2.17. The van der Waals surface area contributed by atoms with Gasteiger partial charge in [-0.1, -0.05) is 34.6 Å². The number of halogens is 3. The number of alkyl halides is 3. The quantitative estimate of drug-likeness (QED) is 0.602. The van der Waals surface area contributed by atoms with Gasteiger partial charge in [0, 0.05) is 19.2 Å². The van der Waals surface area contributed by atoms with Crippen molar-refractivity contribution in [2.24, 2.45) is 10.8 Å². The Kier molecular flexibility index (Phi) is 6.12. The number of hydrogen-bond acceptors (Lipinski definition) is 3. The minimum Gasteiger partial charge on any atom is -0.446 e. The second kappa shape index (κ2) is 7.68. The third-order valence-corrected chi connectivity index (χ3v) is 4.61. The number of oxazole rings is 1. The second-order valence-corrected chi connectivity index (χ2v) is 9.22.